The van der Waals surface area contributed by atoms with Gasteiger partial charge in [-0.3, -0.25) is 4.79 Å². The molecule has 1 unspecified atom stereocenters. The van der Waals surface area contributed by atoms with Gasteiger partial charge in [-0.1, -0.05) is 6.07 Å². The molecule has 20 heavy (non-hydrogen) atoms. The Labute approximate surface area is 118 Å². The van der Waals surface area contributed by atoms with E-state index in [4.69, 9.17) is 11.5 Å². The van der Waals surface area contributed by atoms with E-state index < -0.39 is 6.03 Å². The van der Waals surface area contributed by atoms with Crippen LogP contribution in [0.4, 0.5) is 10.5 Å². The van der Waals surface area contributed by atoms with Crippen molar-refractivity contribution in [3.8, 4) is 0 Å². The van der Waals surface area contributed by atoms with Gasteiger partial charge in [0, 0.05) is 30.4 Å². The topological polar surface area (TPSA) is 101 Å². The molecule has 0 bridgehead atoms. The van der Waals surface area contributed by atoms with Crippen molar-refractivity contribution in [3.05, 3.63) is 29.8 Å². The molecule has 1 aromatic rings. The number of piperidine rings is 1. The fourth-order valence-corrected chi connectivity index (χ4v) is 2.54. The molecule has 1 atom stereocenters. The summed E-state index contributed by atoms with van der Waals surface area (Å²) in [7, 11) is 0. The Bertz CT molecular complexity index is 504. The molecule has 6 heteroatoms. The number of urea groups is 1. The van der Waals surface area contributed by atoms with Crippen LogP contribution in [0.15, 0.2) is 24.3 Å². The molecule has 0 aromatic heterocycles. The number of amides is 3. The lowest BCUT2D eigenvalue weighted by atomic mass is 10.0. The Hall–Kier alpha value is -2.24. The Morgan fingerprint density at radius 1 is 1.35 bits per heavy atom. The van der Waals surface area contributed by atoms with Crippen LogP contribution in [-0.2, 0) is 0 Å². The quantitative estimate of drug-likeness (QED) is 0.716. The van der Waals surface area contributed by atoms with Crippen molar-refractivity contribution in [2.24, 2.45) is 5.73 Å². The lowest BCUT2D eigenvalue weighted by Gasteiger charge is -2.35. The van der Waals surface area contributed by atoms with Crippen molar-refractivity contribution in [1.29, 1.82) is 0 Å². The first-order valence-electron chi connectivity index (χ1n) is 6.78. The van der Waals surface area contributed by atoms with Crippen molar-refractivity contribution in [2.75, 3.05) is 18.8 Å². The highest BCUT2D eigenvalue weighted by atomic mass is 16.2. The zero-order chi connectivity index (χ0) is 14.5. The van der Waals surface area contributed by atoms with Gasteiger partial charge in [0.25, 0.3) is 5.91 Å². The number of primary amides is 1. The van der Waals surface area contributed by atoms with Gasteiger partial charge in [-0.05, 0) is 37.5 Å². The maximum atomic E-state index is 12.5. The van der Waals surface area contributed by atoms with E-state index in [0.29, 0.717) is 24.3 Å². The molecule has 108 valence electrons. The lowest BCUT2D eigenvalue weighted by Crippen LogP contribution is -2.50. The molecule has 1 aliphatic rings. The van der Waals surface area contributed by atoms with Gasteiger partial charge in [-0.2, -0.15) is 0 Å². The average molecular weight is 276 g/mol. The first-order valence-corrected chi connectivity index (χ1v) is 6.78. The number of carbonyl (C=O) groups excluding carboxylic acids is 2. The van der Waals surface area contributed by atoms with Crippen LogP contribution in [0.1, 0.15) is 29.6 Å². The van der Waals surface area contributed by atoms with Gasteiger partial charge in [-0.25, -0.2) is 4.79 Å². The Kier molecular flexibility index (Phi) is 4.45. The predicted octanol–water partition coefficient (Wildman–Crippen LogP) is 0.932. The van der Waals surface area contributed by atoms with E-state index in [2.05, 4.69) is 5.32 Å². The second kappa shape index (κ2) is 6.27. The highest BCUT2D eigenvalue weighted by molar-refractivity contribution is 5.95. The molecular weight excluding hydrogens is 256 g/mol. The van der Waals surface area contributed by atoms with E-state index in [1.165, 1.54) is 0 Å². The van der Waals surface area contributed by atoms with Crippen molar-refractivity contribution in [2.45, 2.75) is 25.3 Å². The van der Waals surface area contributed by atoms with Crippen LogP contribution >= 0.6 is 0 Å². The highest BCUT2D eigenvalue weighted by Gasteiger charge is 2.27. The fourth-order valence-electron chi connectivity index (χ4n) is 2.54. The van der Waals surface area contributed by atoms with Crippen LogP contribution in [0.5, 0.6) is 0 Å². The molecule has 2 rings (SSSR count). The van der Waals surface area contributed by atoms with Gasteiger partial charge < -0.3 is 21.7 Å². The molecule has 6 nitrogen and oxygen atoms in total. The van der Waals surface area contributed by atoms with Crippen LogP contribution in [0, 0.1) is 0 Å². The molecule has 1 aromatic carbocycles. The molecule has 0 saturated carbocycles. The number of likely N-dealkylation sites (tertiary alicyclic amines) is 1. The summed E-state index contributed by atoms with van der Waals surface area (Å²) in [6, 6.07) is 6.38. The summed E-state index contributed by atoms with van der Waals surface area (Å²) in [6.45, 7) is 1.09. The van der Waals surface area contributed by atoms with Gasteiger partial charge in [-0.15, -0.1) is 0 Å². The third kappa shape index (κ3) is 3.40. The molecule has 1 fully saturated rings. The number of benzene rings is 1. The number of carbonyl (C=O) groups is 2. The van der Waals surface area contributed by atoms with Crippen LogP contribution in [0.3, 0.4) is 0 Å². The first-order chi connectivity index (χ1) is 9.58. The molecule has 1 aliphatic heterocycles. The van der Waals surface area contributed by atoms with Gasteiger partial charge >= 0.3 is 6.03 Å². The summed E-state index contributed by atoms with van der Waals surface area (Å²) in [5.74, 6) is -0.0479. The Morgan fingerprint density at radius 2 is 2.15 bits per heavy atom. The first kappa shape index (κ1) is 14.2. The molecule has 0 spiro atoms. The SMILES string of the molecule is NC(=O)NCC1CCCCN1C(=O)c1cccc(N)c1. The van der Waals surface area contributed by atoms with E-state index in [-0.39, 0.29) is 11.9 Å². The third-order valence-corrected chi connectivity index (χ3v) is 3.53. The summed E-state index contributed by atoms with van der Waals surface area (Å²) in [4.78, 5) is 25.2. The van der Waals surface area contributed by atoms with Crippen molar-refractivity contribution in [3.63, 3.8) is 0 Å². The van der Waals surface area contributed by atoms with E-state index >= 15 is 0 Å². The molecule has 5 N–H and O–H groups in total. The molecule has 0 radical (unpaired) electrons. The zero-order valence-corrected chi connectivity index (χ0v) is 11.3. The third-order valence-electron chi connectivity index (χ3n) is 3.53. The predicted molar refractivity (Wildman–Crippen MR) is 77.1 cm³/mol. The van der Waals surface area contributed by atoms with Crippen LogP contribution < -0.4 is 16.8 Å². The Morgan fingerprint density at radius 3 is 2.85 bits per heavy atom. The van der Waals surface area contributed by atoms with Crippen molar-refractivity contribution < 1.29 is 9.59 Å². The summed E-state index contributed by atoms with van der Waals surface area (Å²) in [5.41, 5.74) is 12.0. The number of hydrogen-bond acceptors (Lipinski definition) is 3. The minimum Gasteiger partial charge on any atom is -0.399 e. The summed E-state index contributed by atoms with van der Waals surface area (Å²) < 4.78 is 0. The molecule has 1 heterocycles. The number of hydrogen-bond donors (Lipinski definition) is 3. The van der Waals surface area contributed by atoms with Crippen LogP contribution in [0.2, 0.25) is 0 Å². The fraction of sp³-hybridized carbons (Fsp3) is 0.429. The number of nitrogens with one attached hydrogen (secondary N) is 1. The summed E-state index contributed by atoms with van der Waals surface area (Å²) >= 11 is 0. The smallest absolute Gasteiger partial charge is 0.312 e. The highest BCUT2D eigenvalue weighted by Crippen LogP contribution is 2.20. The summed E-state index contributed by atoms with van der Waals surface area (Å²) in [6.07, 6.45) is 2.89. The van der Waals surface area contributed by atoms with E-state index in [9.17, 15) is 9.59 Å². The second-order valence-electron chi connectivity index (χ2n) is 5.02. The van der Waals surface area contributed by atoms with Crippen LogP contribution in [-0.4, -0.2) is 36.0 Å². The van der Waals surface area contributed by atoms with Gasteiger partial charge in [0.2, 0.25) is 0 Å². The van der Waals surface area contributed by atoms with E-state index in [1.807, 2.05) is 0 Å². The van der Waals surface area contributed by atoms with E-state index in [0.717, 1.165) is 19.3 Å². The maximum Gasteiger partial charge on any atom is 0.312 e. The minimum absolute atomic E-state index is 0.00909. The molecule has 1 saturated heterocycles. The van der Waals surface area contributed by atoms with Crippen LogP contribution in [0.25, 0.3) is 0 Å². The van der Waals surface area contributed by atoms with E-state index in [1.54, 1.807) is 29.2 Å². The zero-order valence-electron chi connectivity index (χ0n) is 11.3. The molecule has 3 amide bonds. The Balaban J connectivity index is 2.10. The normalized spacial score (nSPS) is 18.6. The van der Waals surface area contributed by atoms with Crippen molar-refractivity contribution in [1.82, 2.24) is 10.2 Å². The largest absolute Gasteiger partial charge is 0.399 e. The number of rotatable bonds is 3. The number of nitrogens with zero attached hydrogens (tertiary/aromatic N) is 1. The monoisotopic (exact) mass is 276 g/mol. The van der Waals surface area contributed by atoms with Gasteiger partial charge in [0.1, 0.15) is 0 Å². The number of nitrogen functional groups attached to an aromatic ring is 1. The minimum atomic E-state index is -0.563. The van der Waals surface area contributed by atoms with Gasteiger partial charge in [0.05, 0.1) is 0 Å². The average Bonchev–Trinajstić information content (AvgIpc) is 2.44. The van der Waals surface area contributed by atoms with Gasteiger partial charge in [0.15, 0.2) is 0 Å². The molecule has 0 aliphatic carbocycles. The number of nitrogens with two attached hydrogens (primary N) is 2. The standard InChI is InChI=1S/C14H20N4O2/c15-11-5-3-4-10(8-11)13(19)18-7-2-1-6-12(18)9-17-14(16)20/h3-5,8,12H,1-2,6-7,9,15H2,(H3,16,17,20). The number of anilines is 1. The molecular formula is C14H20N4O2. The maximum absolute atomic E-state index is 12.5. The lowest BCUT2D eigenvalue weighted by molar-refractivity contribution is 0.0615. The second-order valence-corrected chi connectivity index (χ2v) is 5.02. The van der Waals surface area contributed by atoms with Crippen molar-refractivity contribution >= 4 is 17.6 Å². The summed E-state index contributed by atoms with van der Waals surface area (Å²) in [5, 5.41) is 2.58.